The molecular weight excluding hydrogens is 244 g/mol. The third-order valence-electron chi connectivity index (χ3n) is 2.47. The fourth-order valence-electron chi connectivity index (χ4n) is 1.70. The van der Waals surface area contributed by atoms with Gasteiger partial charge in [-0.25, -0.2) is 0 Å². The smallest absolute Gasteiger partial charge is 0.230 e. The van der Waals surface area contributed by atoms with Crippen molar-refractivity contribution in [1.29, 1.82) is 0 Å². The summed E-state index contributed by atoms with van der Waals surface area (Å²) in [5.41, 5.74) is 7.62. The molecule has 0 unspecified atom stereocenters. The number of phenols is 1. The molecule has 2 aromatic rings. The van der Waals surface area contributed by atoms with E-state index in [4.69, 9.17) is 26.6 Å². The van der Waals surface area contributed by atoms with E-state index < -0.39 is 0 Å². The van der Waals surface area contributed by atoms with Crippen LogP contribution in [0.1, 0.15) is 5.56 Å². The number of aromatic hydroxyl groups is 1. The van der Waals surface area contributed by atoms with Crippen molar-refractivity contribution >= 4 is 17.5 Å². The first-order chi connectivity index (χ1) is 8.06. The van der Waals surface area contributed by atoms with Crippen molar-refractivity contribution in [2.24, 2.45) is 0 Å². The number of aryl methyl sites for hydroxylation is 1. The largest absolute Gasteiger partial charge is 0.504 e. The molecule has 0 radical (unpaired) electrons. The molecule has 1 aromatic heterocycles. The van der Waals surface area contributed by atoms with E-state index in [2.05, 4.69) is 5.16 Å². The maximum Gasteiger partial charge on any atom is 0.230 e. The normalized spacial score (nSPS) is 10.5. The number of anilines is 1. The highest BCUT2D eigenvalue weighted by Crippen LogP contribution is 2.44. The summed E-state index contributed by atoms with van der Waals surface area (Å²) in [5, 5.41) is 13.6. The van der Waals surface area contributed by atoms with Crippen LogP contribution in [0.5, 0.6) is 11.5 Å². The molecule has 90 valence electrons. The quantitative estimate of drug-likeness (QED) is 0.861. The van der Waals surface area contributed by atoms with Crippen molar-refractivity contribution in [3.63, 3.8) is 0 Å². The van der Waals surface area contributed by atoms with Gasteiger partial charge >= 0.3 is 0 Å². The zero-order chi connectivity index (χ0) is 12.6. The van der Waals surface area contributed by atoms with E-state index in [0.29, 0.717) is 11.1 Å². The van der Waals surface area contributed by atoms with Gasteiger partial charge in [-0.2, -0.15) is 0 Å². The van der Waals surface area contributed by atoms with Crippen molar-refractivity contribution in [1.82, 2.24) is 5.16 Å². The summed E-state index contributed by atoms with van der Waals surface area (Å²) < 4.78 is 9.83. The fourth-order valence-corrected chi connectivity index (χ4v) is 2.13. The SMILES string of the molecule is COc1c(O)cc(C)c(-c2cnoc2N)c1Cl. The topological polar surface area (TPSA) is 81.5 Å². The second kappa shape index (κ2) is 4.18. The predicted molar refractivity (Wildman–Crippen MR) is 64.3 cm³/mol. The minimum atomic E-state index is -0.0197. The minimum Gasteiger partial charge on any atom is -0.504 e. The number of nitrogen functional groups attached to an aromatic ring is 1. The maximum atomic E-state index is 9.68. The van der Waals surface area contributed by atoms with Crippen LogP contribution in [0.25, 0.3) is 11.1 Å². The lowest BCUT2D eigenvalue weighted by Gasteiger charge is -2.12. The Labute approximate surface area is 103 Å². The van der Waals surface area contributed by atoms with Crippen molar-refractivity contribution in [3.05, 3.63) is 22.8 Å². The average molecular weight is 255 g/mol. The third kappa shape index (κ3) is 1.78. The molecule has 6 heteroatoms. The van der Waals surface area contributed by atoms with Crippen LogP contribution in [0.4, 0.5) is 5.88 Å². The third-order valence-corrected chi connectivity index (χ3v) is 2.83. The van der Waals surface area contributed by atoms with Gasteiger partial charge in [0.2, 0.25) is 5.88 Å². The molecule has 3 N–H and O–H groups in total. The molecule has 0 aliphatic heterocycles. The highest BCUT2D eigenvalue weighted by molar-refractivity contribution is 6.35. The molecule has 0 amide bonds. The molecular formula is C11H11ClN2O3. The number of nitrogens with zero attached hydrogens (tertiary/aromatic N) is 1. The number of rotatable bonds is 2. The summed E-state index contributed by atoms with van der Waals surface area (Å²) in [6, 6.07) is 1.55. The van der Waals surface area contributed by atoms with Crippen molar-refractivity contribution in [3.8, 4) is 22.6 Å². The Morgan fingerprint density at radius 2 is 2.24 bits per heavy atom. The second-order valence-corrected chi connectivity index (χ2v) is 3.92. The van der Waals surface area contributed by atoms with E-state index in [1.165, 1.54) is 13.3 Å². The number of nitrogens with two attached hydrogens (primary N) is 1. The van der Waals surface area contributed by atoms with Crippen molar-refractivity contribution in [2.75, 3.05) is 12.8 Å². The predicted octanol–water partition coefficient (Wildman–Crippen LogP) is 2.60. The summed E-state index contributed by atoms with van der Waals surface area (Å²) in [6.45, 7) is 1.80. The number of hydrogen-bond acceptors (Lipinski definition) is 5. The number of hydrogen-bond donors (Lipinski definition) is 2. The zero-order valence-electron chi connectivity index (χ0n) is 9.32. The van der Waals surface area contributed by atoms with Gasteiger partial charge in [0, 0.05) is 5.56 Å². The molecule has 17 heavy (non-hydrogen) atoms. The first-order valence-electron chi connectivity index (χ1n) is 4.82. The summed E-state index contributed by atoms with van der Waals surface area (Å²) in [7, 11) is 1.43. The van der Waals surface area contributed by atoms with E-state index in [0.717, 1.165) is 5.56 Å². The van der Waals surface area contributed by atoms with Gasteiger partial charge in [0.15, 0.2) is 11.5 Å². The molecule has 0 aliphatic carbocycles. The summed E-state index contributed by atoms with van der Waals surface area (Å²) >= 11 is 6.17. The first kappa shape index (κ1) is 11.6. The lowest BCUT2D eigenvalue weighted by Crippen LogP contribution is -1.93. The Balaban J connectivity index is 2.74. The molecule has 1 heterocycles. The van der Waals surface area contributed by atoms with Crippen LogP contribution >= 0.6 is 11.6 Å². The molecule has 0 bridgehead atoms. The van der Waals surface area contributed by atoms with E-state index in [1.54, 1.807) is 13.0 Å². The zero-order valence-corrected chi connectivity index (χ0v) is 10.1. The number of halogens is 1. The number of methoxy groups -OCH3 is 1. The Hall–Kier alpha value is -1.88. The van der Waals surface area contributed by atoms with Gasteiger partial charge in [-0.05, 0) is 18.6 Å². The van der Waals surface area contributed by atoms with Gasteiger partial charge in [-0.15, -0.1) is 0 Å². The average Bonchev–Trinajstić information content (AvgIpc) is 2.65. The second-order valence-electron chi connectivity index (χ2n) is 3.54. The standard InChI is InChI=1S/C11H11ClN2O3/c1-5-3-7(15)10(16-2)9(12)8(5)6-4-14-17-11(6)13/h3-4,15H,13H2,1-2H3. The van der Waals surface area contributed by atoms with Crippen LogP contribution < -0.4 is 10.5 Å². The molecule has 2 rings (SSSR count). The van der Waals surface area contributed by atoms with Gasteiger partial charge in [-0.3, -0.25) is 0 Å². The van der Waals surface area contributed by atoms with Crippen LogP contribution in [0.2, 0.25) is 5.02 Å². The van der Waals surface area contributed by atoms with Crippen LogP contribution in [0.3, 0.4) is 0 Å². The summed E-state index contributed by atoms with van der Waals surface area (Å²) in [5.74, 6) is 0.351. The highest BCUT2D eigenvalue weighted by atomic mass is 35.5. The first-order valence-corrected chi connectivity index (χ1v) is 5.20. The van der Waals surface area contributed by atoms with Gasteiger partial charge in [0.25, 0.3) is 0 Å². The molecule has 5 nitrogen and oxygen atoms in total. The Morgan fingerprint density at radius 1 is 1.53 bits per heavy atom. The number of ether oxygens (including phenoxy) is 1. The molecule has 0 atom stereocenters. The minimum absolute atomic E-state index is 0.0197. The molecule has 1 aromatic carbocycles. The lowest BCUT2D eigenvalue weighted by molar-refractivity contribution is 0.373. The molecule has 0 aliphatic rings. The van der Waals surface area contributed by atoms with Crippen LogP contribution in [-0.2, 0) is 0 Å². The van der Waals surface area contributed by atoms with Crippen LogP contribution in [0, 0.1) is 6.92 Å². The monoisotopic (exact) mass is 254 g/mol. The number of aromatic nitrogens is 1. The van der Waals surface area contributed by atoms with Gasteiger partial charge in [-0.1, -0.05) is 16.8 Å². The number of phenolic OH excluding ortho intramolecular Hbond substituents is 1. The Bertz CT molecular complexity index is 566. The highest BCUT2D eigenvalue weighted by Gasteiger charge is 2.19. The van der Waals surface area contributed by atoms with Gasteiger partial charge in [0.05, 0.1) is 23.9 Å². The number of benzene rings is 1. The van der Waals surface area contributed by atoms with Crippen LogP contribution in [0.15, 0.2) is 16.8 Å². The van der Waals surface area contributed by atoms with E-state index >= 15 is 0 Å². The Kier molecular flexibility index (Phi) is 2.85. The molecule has 0 saturated carbocycles. The van der Waals surface area contributed by atoms with Crippen LogP contribution in [-0.4, -0.2) is 17.4 Å². The summed E-state index contributed by atoms with van der Waals surface area (Å²) in [4.78, 5) is 0. The Morgan fingerprint density at radius 3 is 2.76 bits per heavy atom. The molecule has 0 spiro atoms. The van der Waals surface area contributed by atoms with E-state index in [9.17, 15) is 5.11 Å². The van der Waals surface area contributed by atoms with Gasteiger partial charge < -0.3 is 20.1 Å². The van der Waals surface area contributed by atoms with E-state index in [1.807, 2.05) is 0 Å². The summed E-state index contributed by atoms with van der Waals surface area (Å²) in [6.07, 6.45) is 1.47. The van der Waals surface area contributed by atoms with Gasteiger partial charge in [0.1, 0.15) is 0 Å². The molecule has 0 saturated heterocycles. The fraction of sp³-hybridized carbons (Fsp3) is 0.182. The van der Waals surface area contributed by atoms with Crippen molar-refractivity contribution in [2.45, 2.75) is 6.92 Å². The lowest BCUT2D eigenvalue weighted by atomic mass is 10.0. The van der Waals surface area contributed by atoms with E-state index in [-0.39, 0.29) is 22.4 Å². The van der Waals surface area contributed by atoms with Crippen molar-refractivity contribution < 1.29 is 14.4 Å². The molecule has 0 fully saturated rings. The maximum absolute atomic E-state index is 9.68.